The topological polar surface area (TPSA) is 95.9 Å². The Morgan fingerprint density at radius 1 is 1.00 bits per heavy atom. The molecule has 1 saturated carbocycles. The summed E-state index contributed by atoms with van der Waals surface area (Å²) < 4.78 is 5.11. The number of carbonyl (C=O) groups is 3. The second kappa shape index (κ2) is 11.4. The average Bonchev–Trinajstić information content (AvgIpc) is 3.76. The number of amides is 2. The van der Waals surface area contributed by atoms with Gasteiger partial charge in [0, 0.05) is 32.7 Å². The van der Waals surface area contributed by atoms with E-state index in [9.17, 15) is 19.5 Å². The summed E-state index contributed by atoms with van der Waals surface area (Å²) >= 11 is 0. The Kier molecular flexibility index (Phi) is 7.79. The highest BCUT2D eigenvalue weighted by molar-refractivity contribution is 5.92. The third-order valence-corrected chi connectivity index (χ3v) is 8.04. The molecule has 1 aliphatic heterocycles. The Bertz CT molecular complexity index is 1400. The monoisotopic (exact) mass is 526 g/mol. The second-order valence-corrected chi connectivity index (χ2v) is 10.4. The Hall–Kier alpha value is -3.97. The Morgan fingerprint density at radius 3 is 2.54 bits per heavy atom. The fourth-order valence-electron chi connectivity index (χ4n) is 5.74. The van der Waals surface area contributed by atoms with Crippen molar-refractivity contribution in [2.45, 2.75) is 45.2 Å². The predicted octanol–water partition coefficient (Wildman–Crippen LogP) is 4.70. The van der Waals surface area contributed by atoms with Crippen molar-refractivity contribution in [2.24, 2.45) is 5.92 Å². The lowest BCUT2D eigenvalue weighted by atomic mass is 9.85. The molecule has 2 amide bonds. The SMILES string of the molecule is COCCC(=O)N1CCc2c(-c3cccc(C(=O)O)c3C)ccc(CNC(=O)C3CC3c3ccccc3)c2C1. The first-order chi connectivity index (χ1) is 18.9. The molecule has 2 aliphatic rings. The van der Waals surface area contributed by atoms with Crippen LogP contribution in [0.25, 0.3) is 11.1 Å². The quantitative estimate of drug-likeness (QED) is 0.421. The summed E-state index contributed by atoms with van der Waals surface area (Å²) in [6.45, 7) is 3.62. The van der Waals surface area contributed by atoms with Crippen molar-refractivity contribution in [3.05, 3.63) is 94.0 Å². The van der Waals surface area contributed by atoms with Crippen molar-refractivity contribution >= 4 is 17.8 Å². The number of methoxy groups -OCH3 is 1. The lowest BCUT2D eigenvalue weighted by molar-refractivity contribution is -0.133. The average molecular weight is 527 g/mol. The third-order valence-electron chi connectivity index (χ3n) is 8.04. The van der Waals surface area contributed by atoms with Gasteiger partial charge < -0.3 is 20.1 Å². The Morgan fingerprint density at radius 2 is 1.79 bits per heavy atom. The van der Waals surface area contributed by atoms with Gasteiger partial charge in [-0.15, -0.1) is 0 Å². The molecule has 202 valence electrons. The molecule has 2 atom stereocenters. The van der Waals surface area contributed by atoms with Crippen LogP contribution in [-0.2, 0) is 33.8 Å². The summed E-state index contributed by atoms with van der Waals surface area (Å²) in [5.74, 6) is -0.616. The Labute approximate surface area is 228 Å². The van der Waals surface area contributed by atoms with Gasteiger partial charge >= 0.3 is 5.97 Å². The fourth-order valence-corrected chi connectivity index (χ4v) is 5.74. The van der Waals surface area contributed by atoms with E-state index in [1.54, 1.807) is 19.2 Å². The highest BCUT2D eigenvalue weighted by atomic mass is 16.5. The summed E-state index contributed by atoms with van der Waals surface area (Å²) in [6, 6.07) is 19.5. The maximum atomic E-state index is 13.0. The normalized spacial score (nSPS) is 17.8. The first-order valence-corrected chi connectivity index (χ1v) is 13.4. The van der Waals surface area contributed by atoms with Crippen LogP contribution in [0.3, 0.4) is 0 Å². The smallest absolute Gasteiger partial charge is 0.335 e. The molecule has 1 fully saturated rings. The summed E-state index contributed by atoms with van der Waals surface area (Å²) in [5, 5.41) is 12.8. The lowest BCUT2D eigenvalue weighted by Gasteiger charge is -2.32. The second-order valence-electron chi connectivity index (χ2n) is 10.4. The minimum atomic E-state index is -0.952. The maximum Gasteiger partial charge on any atom is 0.335 e. The maximum absolute atomic E-state index is 13.0. The predicted molar refractivity (Wildman–Crippen MR) is 148 cm³/mol. The number of carboxylic acids is 1. The fraction of sp³-hybridized carbons (Fsp3) is 0.344. The van der Waals surface area contributed by atoms with E-state index in [4.69, 9.17) is 4.74 Å². The molecule has 0 spiro atoms. The number of carboxylic acid groups (broad SMARTS) is 1. The number of fused-ring (bicyclic) bond motifs is 1. The zero-order valence-electron chi connectivity index (χ0n) is 22.4. The van der Waals surface area contributed by atoms with Crippen molar-refractivity contribution in [2.75, 3.05) is 20.3 Å². The molecule has 1 heterocycles. The standard InChI is InChI=1S/C32H34N2O5/c1-20-23(9-6-10-24(20)32(37)38)25-12-11-22(29-19-34(15-13-26(25)29)30(35)14-16-39-2)18-33-31(36)28-17-27(28)21-7-4-3-5-8-21/h3-12,27-28H,13-19H2,1-2H3,(H,33,36)(H,37,38). The molecule has 39 heavy (non-hydrogen) atoms. The zero-order chi connectivity index (χ0) is 27.5. The van der Waals surface area contributed by atoms with Gasteiger partial charge in [-0.3, -0.25) is 9.59 Å². The van der Waals surface area contributed by atoms with Gasteiger partial charge in [0.1, 0.15) is 0 Å². The molecule has 1 aliphatic carbocycles. The zero-order valence-corrected chi connectivity index (χ0v) is 22.4. The molecule has 5 rings (SSSR count). The van der Waals surface area contributed by atoms with E-state index in [-0.39, 0.29) is 29.2 Å². The van der Waals surface area contributed by atoms with E-state index in [1.807, 2.05) is 48.2 Å². The van der Waals surface area contributed by atoms with Crippen molar-refractivity contribution in [3.63, 3.8) is 0 Å². The minimum Gasteiger partial charge on any atom is -0.478 e. The molecule has 0 bridgehead atoms. The summed E-state index contributed by atoms with van der Waals surface area (Å²) in [6.07, 6.45) is 1.83. The van der Waals surface area contributed by atoms with Crippen LogP contribution in [0.15, 0.2) is 60.7 Å². The van der Waals surface area contributed by atoms with Crippen molar-refractivity contribution in [3.8, 4) is 11.1 Å². The summed E-state index contributed by atoms with van der Waals surface area (Å²) in [4.78, 5) is 39.5. The van der Waals surface area contributed by atoms with E-state index in [1.165, 1.54) is 5.56 Å². The van der Waals surface area contributed by atoms with Crippen LogP contribution >= 0.6 is 0 Å². The van der Waals surface area contributed by atoms with Crippen LogP contribution in [-0.4, -0.2) is 48.1 Å². The van der Waals surface area contributed by atoms with Gasteiger partial charge in [0.2, 0.25) is 11.8 Å². The van der Waals surface area contributed by atoms with Gasteiger partial charge in [-0.25, -0.2) is 4.79 Å². The van der Waals surface area contributed by atoms with Gasteiger partial charge in [0.15, 0.2) is 0 Å². The highest BCUT2D eigenvalue weighted by Crippen LogP contribution is 2.47. The van der Waals surface area contributed by atoms with E-state index >= 15 is 0 Å². The van der Waals surface area contributed by atoms with Crippen molar-refractivity contribution in [1.82, 2.24) is 10.2 Å². The van der Waals surface area contributed by atoms with E-state index < -0.39 is 5.97 Å². The first-order valence-electron chi connectivity index (χ1n) is 13.4. The number of hydrogen-bond donors (Lipinski definition) is 2. The third kappa shape index (κ3) is 5.59. The Balaban J connectivity index is 1.42. The molecule has 2 unspecified atom stereocenters. The highest BCUT2D eigenvalue weighted by Gasteiger charge is 2.43. The van der Waals surface area contributed by atoms with Crippen LogP contribution in [0.4, 0.5) is 0 Å². The molecular formula is C32H34N2O5. The summed E-state index contributed by atoms with van der Waals surface area (Å²) in [7, 11) is 1.58. The molecule has 7 nitrogen and oxygen atoms in total. The lowest BCUT2D eigenvalue weighted by Crippen LogP contribution is -2.37. The van der Waals surface area contributed by atoms with Gasteiger partial charge in [-0.1, -0.05) is 54.6 Å². The van der Waals surface area contributed by atoms with Crippen LogP contribution in [0.5, 0.6) is 0 Å². The minimum absolute atomic E-state index is 0.0176. The van der Waals surface area contributed by atoms with Gasteiger partial charge in [0.05, 0.1) is 18.6 Å². The van der Waals surface area contributed by atoms with Crippen LogP contribution in [0.2, 0.25) is 0 Å². The van der Waals surface area contributed by atoms with E-state index in [0.717, 1.165) is 34.2 Å². The molecule has 3 aromatic rings. The largest absolute Gasteiger partial charge is 0.478 e. The molecule has 0 radical (unpaired) electrons. The number of hydrogen-bond acceptors (Lipinski definition) is 4. The summed E-state index contributed by atoms with van der Waals surface area (Å²) in [5.41, 5.74) is 7.17. The van der Waals surface area contributed by atoms with Crippen molar-refractivity contribution < 1.29 is 24.2 Å². The number of nitrogens with one attached hydrogen (secondary N) is 1. The number of rotatable bonds is 9. The molecule has 0 aromatic heterocycles. The van der Waals surface area contributed by atoms with Gasteiger partial charge in [-0.05, 0) is 70.7 Å². The van der Waals surface area contributed by atoms with Crippen LogP contribution in [0, 0.1) is 12.8 Å². The molecular weight excluding hydrogens is 492 g/mol. The molecule has 2 N–H and O–H groups in total. The van der Waals surface area contributed by atoms with Gasteiger partial charge in [-0.2, -0.15) is 0 Å². The number of aromatic carboxylic acids is 1. The number of carbonyl (C=O) groups excluding carboxylic acids is 2. The van der Waals surface area contributed by atoms with Gasteiger partial charge in [0.25, 0.3) is 0 Å². The number of benzene rings is 3. The number of nitrogens with zero attached hydrogens (tertiary/aromatic N) is 1. The van der Waals surface area contributed by atoms with Crippen LogP contribution in [0.1, 0.15) is 56.9 Å². The van der Waals surface area contributed by atoms with Crippen molar-refractivity contribution in [1.29, 1.82) is 0 Å². The number of ether oxygens (including phenoxy) is 1. The molecule has 7 heteroatoms. The molecule has 3 aromatic carbocycles. The molecule has 0 saturated heterocycles. The van der Waals surface area contributed by atoms with E-state index in [2.05, 4.69) is 17.4 Å². The first kappa shape index (κ1) is 26.6. The van der Waals surface area contributed by atoms with Crippen LogP contribution < -0.4 is 5.32 Å². The van der Waals surface area contributed by atoms with E-state index in [0.29, 0.717) is 44.6 Å².